The number of carboxylic acid groups (broad SMARTS) is 1. The summed E-state index contributed by atoms with van der Waals surface area (Å²) in [6, 6.07) is 17.0. The highest BCUT2D eigenvalue weighted by Crippen LogP contribution is 2.38. The third kappa shape index (κ3) is 5.44. The van der Waals surface area contributed by atoms with E-state index in [1.165, 1.54) is 5.56 Å². The Hall–Kier alpha value is -3.68. The maximum atomic E-state index is 13.0. The van der Waals surface area contributed by atoms with E-state index in [2.05, 4.69) is 20.5 Å². The number of benzene rings is 2. The molecule has 174 valence electrons. The van der Waals surface area contributed by atoms with Gasteiger partial charge in [-0.25, -0.2) is 0 Å². The Morgan fingerprint density at radius 1 is 1.12 bits per heavy atom. The first-order valence-corrected chi connectivity index (χ1v) is 11.2. The molecule has 0 saturated heterocycles. The van der Waals surface area contributed by atoms with E-state index in [9.17, 15) is 9.59 Å². The Morgan fingerprint density at radius 3 is 2.53 bits per heavy atom. The van der Waals surface area contributed by atoms with Crippen LogP contribution in [0, 0.1) is 0 Å². The van der Waals surface area contributed by atoms with E-state index in [0.717, 1.165) is 17.8 Å². The molecule has 3 aromatic rings. The van der Waals surface area contributed by atoms with Gasteiger partial charge in [0.2, 0.25) is 0 Å². The van der Waals surface area contributed by atoms with Crippen molar-refractivity contribution in [1.82, 2.24) is 9.88 Å². The van der Waals surface area contributed by atoms with Gasteiger partial charge in [-0.15, -0.1) is 0 Å². The molecular formula is C26H25ClN4O3. The Morgan fingerprint density at radius 2 is 1.88 bits per heavy atom. The van der Waals surface area contributed by atoms with Crippen LogP contribution in [-0.2, 0) is 22.6 Å². The smallest absolute Gasteiger partial charge is 0.303 e. The summed E-state index contributed by atoms with van der Waals surface area (Å²) >= 11 is 6.13. The van der Waals surface area contributed by atoms with Crippen LogP contribution in [0.3, 0.4) is 0 Å². The van der Waals surface area contributed by atoms with Gasteiger partial charge in [0.25, 0.3) is 5.91 Å². The number of amides is 1. The van der Waals surface area contributed by atoms with Gasteiger partial charge in [0.15, 0.2) is 0 Å². The van der Waals surface area contributed by atoms with Crippen LogP contribution in [0.5, 0.6) is 0 Å². The highest BCUT2D eigenvalue weighted by Gasteiger charge is 2.28. The summed E-state index contributed by atoms with van der Waals surface area (Å²) in [5.41, 5.74) is 5.88. The van der Waals surface area contributed by atoms with Crippen LogP contribution in [0.25, 0.3) is 11.3 Å². The molecule has 0 fully saturated rings. The molecule has 0 aliphatic carbocycles. The summed E-state index contributed by atoms with van der Waals surface area (Å²) in [4.78, 5) is 30.4. The van der Waals surface area contributed by atoms with Gasteiger partial charge in [-0.05, 0) is 56.1 Å². The molecule has 0 spiro atoms. The molecule has 2 aromatic carbocycles. The second kappa shape index (κ2) is 10.1. The molecule has 0 bridgehead atoms. The quantitative estimate of drug-likeness (QED) is 0.406. The molecular weight excluding hydrogens is 452 g/mol. The lowest BCUT2D eigenvalue weighted by molar-refractivity contribution is -0.137. The molecule has 34 heavy (non-hydrogen) atoms. The molecule has 0 unspecified atom stereocenters. The van der Waals surface area contributed by atoms with E-state index in [1.807, 2.05) is 50.5 Å². The van der Waals surface area contributed by atoms with Gasteiger partial charge in [0, 0.05) is 46.7 Å². The first kappa shape index (κ1) is 23.5. The number of anilines is 2. The predicted octanol–water partition coefficient (Wildman–Crippen LogP) is 4.75. The number of pyridine rings is 1. The number of rotatable bonds is 8. The topological polar surface area (TPSA) is 94.6 Å². The number of nitrogens with zero attached hydrogens (tertiary/aromatic N) is 2. The van der Waals surface area contributed by atoms with Crippen molar-refractivity contribution in [2.24, 2.45) is 0 Å². The van der Waals surface area contributed by atoms with Crippen LogP contribution < -0.4 is 10.6 Å². The number of aromatic nitrogens is 1. The SMILES string of the molecule is CN(C)Cc1ccc(N/C(=C2\C(=O)Nc3cc(Cl)ccc32)c2ccc(CCC(=O)O)nc2)cc1. The van der Waals surface area contributed by atoms with Gasteiger partial charge in [-0.3, -0.25) is 14.6 Å². The van der Waals surface area contributed by atoms with Crippen LogP contribution in [-0.4, -0.2) is 41.0 Å². The second-order valence-corrected chi connectivity index (χ2v) is 8.82. The predicted molar refractivity (Wildman–Crippen MR) is 135 cm³/mol. The zero-order chi connectivity index (χ0) is 24.2. The molecule has 1 amide bonds. The number of fused-ring (bicyclic) bond motifs is 1. The fourth-order valence-corrected chi connectivity index (χ4v) is 4.00. The fourth-order valence-electron chi connectivity index (χ4n) is 3.83. The third-order valence-electron chi connectivity index (χ3n) is 5.41. The van der Waals surface area contributed by atoms with Crippen molar-refractivity contribution in [2.75, 3.05) is 24.7 Å². The van der Waals surface area contributed by atoms with Crippen molar-refractivity contribution in [3.63, 3.8) is 0 Å². The minimum atomic E-state index is -0.869. The van der Waals surface area contributed by atoms with E-state index >= 15 is 0 Å². The molecule has 2 heterocycles. The van der Waals surface area contributed by atoms with Gasteiger partial charge in [0.05, 0.1) is 23.4 Å². The number of halogens is 1. The third-order valence-corrected chi connectivity index (χ3v) is 5.64. The number of hydrogen-bond acceptors (Lipinski definition) is 5. The molecule has 0 radical (unpaired) electrons. The lowest BCUT2D eigenvalue weighted by atomic mass is 10.0. The molecule has 1 aliphatic heterocycles. The number of nitrogens with one attached hydrogen (secondary N) is 2. The molecule has 1 aliphatic rings. The van der Waals surface area contributed by atoms with Gasteiger partial charge in [0.1, 0.15) is 0 Å². The average molecular weight is 477 g/mol. The lowest BCUT2D eigenvalue weighted by Gasteiger charge is -2.16. The molecule has 7 nitrogen and oxygen atoms in total. The Kier molecular flexibility index (Phi) is 6.95. The van der Waals surface area contributed by atoms with E-state index < -0.39 is 5.97 Å². The van der Waals surface area contributed by atoms with Crippen LogP contribution in [0.1, 0.15) is 28.8 Å². The molecule has 8 heteroatoms. The Labute approximate surface area is 203 Å². The van der Waals surface area contributed by atoms with Crippen molar-refractivity contribution >= 4 is 46.1 Å². The Balaban J connectivity index is 1.74. The Bertz CT molecular complexity index is 1250. The first-order valence-electron chi connectivity index (χ1n) is 10.8. The number of carbonyl (C=O) groups excluding carboxylic acids is 1. The summed E-state index contributed by atoms with van der Waals surface area (Å²) < 4.78 is 0. The largest absolute Gasteiger partial charge is 0.481 e. The zero-order valence-corrected chi connectivity index (χ0v) is 19.7. The number of carbonyl (C=O) groups is 2. The second-order valence-electron chi connectivity index (χ2n) is 8.39. The van der Waals surface area contributed by atoms with E-state index in [-0.39, 0.29) is 12.3 Å². The number of carboxylic acids is 1. The summed E-state index contributed by atoms with van der Waals surface area (Å²) in [6.45, 7) is 0.826. The van der Waals surface area contributed by atoms with Crippen LogP contribution in [0.2, 0.25) is 5.02 Å². The summed E-state index contributed by atoms with van der Waals surface area (Å²) in [5, 5.41) is 15.8. The normalized spacial score (nSPS) is 14.1. The molecule has 3 N–H and O–H groups in total. The van der Waals surface area contributed by atoms with Crippen molar-refractivity contribution in [2.45, 2.75) is 19.4 Å². The van der Waals surface area contributed by atoms with E-state index in [4.69, 9.17) is 16.7 Å². The molecule has 0 saturated carbocycles. The van der Waals surface area contributed by atoms with Gasteiger partial charge < -0.3 is 20.6 Å². The average Bonchev–Trinajstić information content (AvgIpc) is 3.11. The minimum Gasteiger partial charge on any atom is -0.481 e. The first-order chi connectivity index (χ1) is 16.3. The van der Waals surface area contributed by atoms with Crippen molar-refractivity contribution in [3.05, 3.63) is 88.2 Å². The fraction of sp³-hybridized carbons (Fsp3) is 0.192. The van der Waals surface area contributed by atoms with Crippen molar-refractivity contribution in [3.8, 4) is 0 Å². The summed E-state index contributed by atoms with van der Waals surface area (Å²) in [7, 11) is 4.04. The van der Waals surface area contributed by atoms with E-state index in [1.54, 1.807) is 24.4 Å². The maximum Gasteiger partial charge on any atom is 0.303 e. The number of aryl methyl sites for hydroxylation is 1. The van der Waals surface area contributed by atoms with Crippen molar-refractivity contribution in [1.29, 1.82) is 0 Å². The standard InChI is InChI=1S/C26H25ClN4O3/c1-31(2)15-16-3-7-20(8-4-16)29-25(17-5-9-19(28-14-17)10-12-23(32)33)24-21-11-6-18(27)13-22(21)30-26(24)34/h3-9,11,13-14,29H,10,12,15H2,1-2H3,(H,30,34)(H,32,33)/b25-24-. The zero-order valence-electron chi connectivity index (χ0n) is 18.9. The van der Waals surface area contributed by atoms with Gasteiger partial charge in [-0.2, -0.15) is 0 Å². The van der Waals surface area contributed by atoms with Gasteiger partial charge in [-0.1, -0.05) is 29.8 Å². The highest BCUT2D eigenvalue weighted by molar-refractivity contribution is 6.38. The maximum absolute atomic E-state index is 13.0. The lowest BCUT2D eigenvalue weighted by Crippen LogP contribution is -2.11. The number of hydrogen-bond donors (Lipinski definition) is 3. The van der Waals surface area contributed by atoms with E-state index in [0.29, 0.717) is 39.7 Å². The van der Waals surface area contributed by atoms with Crippen LogP contribution >= 0.6 is 11.6 Å². The monoisotopic (exact) mass is 476 g/mol. The summed E-state index contributed by atoms with van der Waals surface area (Å²) in [6.07, 6.45) is 2.01. The molecule has 0 atom stereocenters. The van der Waals surface area contributed by atoms with Crippen LogP contribution in [0.4, 0.5) is 11.4 Å². The van der Waals surface area contributed by atoms with Crippen molar-refractivity contribution < 1.29 is 14.7 Å². The number of aliphatic carboxylic acids is 1. The molecule has 4 rings (SSSR count). The highest BCUT2D eigenvalue weighted by atomic mass is 35.5. The minimum absolute atomic E-state index is 0.00831. The van der Waals surface area contributed by atoms with Crippen LogP contribution in [0.15, 0.2) is 60.8 Å². The van der Waals surface area contributed by atoms with Gasteiger partial charge >= 0.3 is 5.97 Å². The summed E-state index contributed by atoms with van der Waals surface area (Å²) in [5.74, 6) is -1.11. The molecule has 1 aromatic heterocycles.